The highest BCUT2D eigenvalue weighted by Gasteiger charge is 2.41. The van der Waals surface area contributed by atoms with E-state index < -0.39 is 5.41 Å². The second-order valence-electron chi connectivity index (χ2n) is 5.50. The Morgan fingerprint density at radius 3 is 2.45 bits per heavy atom. The minimum Gasteiger partial charge on any atom is -0.392 e. The molecule has 4 heteroatoms. The minimum absolute atomic E-state index is 0.0145. The van der Waals surface area contributed by atoms with E-state index in [9.17, 15) is 4.79 Å². The van der Waals surface area contributed by atoms with Crippen LogP contribution < -0.4 is 11.1 Å². The summed E-state index contributed by atoms with van der Waals surface area (Å²) in [6.45, 7) is 0.632. The molecule has 0 heterocycles. The molecule has 0 aromatic heterocycles. The van der Waals surface area contributed by atoms with Crippen LogP contribution in [0, 0.1) is 5.41 Å². The molecule has 0 saturated heterocycles. The van der Waals surface area contributed by atoms with Gasteiger partial charge in [-0.25, -0.2) is 0 Å². The highest BCUT2D eigenvalue weighted by molar-refractivity contribution is 7.80. The molecule has 0 spiro atoms. The Kier molecular flexibility index (Phi) is 5.12. The van der Waals surface area contributed by atoms with Gasteiger partial charge in [-0.2, -0.15) is 0 Å². The van der Waals surface area contributed by atoms with Gasteiger partial charge < -0.3 is 11.1 Å². The molecule has 1 aromatic carbocycles. The lowest BCUT2D eigenvalue weighted by Gasteiger charge is -2.34. The predicted molar refractivity (Wildman–Crippen MR) is 85.5 cm³/mol. The van der Waals surface area contributed by atoms with E-state index >= 15 is 0 Å². The largest absolute Gasteiger partial charge is 0.392 e. The van der Waals surface area contributed by atoms with Gasteiger partial charge in [-0.3, -0.25) is 4.79 Å². The third-order valence-electron chi connectivity index (χ3n) is 4.16. The number of hydrogen-bond acceptors (Lipinski definition) is 2. The molecule has 3 N–H and O–H groups in total. The van der Waals surface area contributed by atoms with Crippen molar-refractivity contribution in [1.29, 1.82) is 0 Å². The lowest BCUT2D eigenvalue weighted by Crippen LogP contribution is -2.50. The Morgan fingerprint density at radius 2 is 1.85 bits per heavy atom. The first-order valence-corrected chi connectivity index (χ1v) is 7.68. The molecule has 0 bridgehead atoms. The van der Waals surface area contributed by atoms with Crippen LogP contribution in [0.3, 0.4) is 0 Å². The molecule has 0 radical (unpaired) electrons. The molecule has 1 fully saturated rings. The van der Waals surface area contributed by atoms with Gasteiger partial charge in [-0.1, -0.05) is 61.8 Å². The maximum absolute atomic E-state index is 12.5. The van der Waals surface area contributed by atoms with E-state index in [0.717, 1.165) is 32.1 Å². The molecule has 3 nitrogen and oxygen atoms in total. The fraction of sp³-hybridized carbons (Fsp3) is 0.500. The van der Waals surface area contributed by atoms with Gasteiger partial charge in [-0.05, 0) is 24.8 Å². The van der Waals surface area contributed by atoms with E-state index in [1.165, 1.54) is 12.0 Å². The number of benzene rings is 1. The topological polar surface area (TPSA) is 55.1 Å². The SMILES string of the molecule is NC(=S)C1(C(=O)NCCc2ccccc2)CCCCC1. The van der Waals surface area contributed by atoms with Crippen LogP contribution in [0.1, 0.15) is 37.7 Å². The van der Waals surface area contributed by atoms with Gasteiger partial charge in [0.2, 0.25) is 5.91 Å². The number of nitrogens with one attached hydrogen (secondary N) is 1. The van der Waals surface area contributed by atoms with Crippen LogP contribution in [-0.4, -0.2) is 17.4 Å². The summed E-state index contributed by atoms with van der Waals surface area (Å²) < 4.78 is 0. The summed E-state index contributed by atoms with van der Waals surface area (Å²) in [6, 6.07) is 10.1. The van der Waals surface area contributed by atoms with Crippen molar-refractivity contribution >= 4 is 23.1 Å². The number of rotatable bonds is 5. The summed E-state index contributed by atoms with van der Waals surface area (Å²) in [5.41, 5.74) is 6.47. The van der Waals surface area contributed by atoms with Crippen LogP contribution in [0.15, 0.2) is 30.3 Å². The van der Waals surface area contributed by atoms with E-state index in [0.29, 0.717) is 11.5 Å². The standard InChI is InChI=1S/C16H22N2OS/c17-14(20)16(10-5-2-6-11-16)15(19)18-12-9-13-7-3-1-4-8-13/h1,3-4,7-8H,2,5-6,9-12H2,(H2,17,20)(H,18,19). The van der Waals surface area contributed by atoms with Crippen molar-refractivity contribution in [3.63, 3.8) is 0 Å². The summed E-state index contributed by atoms with van der Waals surface area (Å²) in [5, 5.41) is 3.02. The summed E-state index contributed by atoms with van der Waals surface area (Å²) in [6.07, 6.45) is 5.65. The average molecular weight is 290 g/mol. The summed E-state index contributed by atoms with van der Waals surface area (Å²) in [5.74, 6) is 0.0145. The molecule has 1 saturated carbocycles. The first kappa shape index (κ1) is 15.0. The van der Waals surface area contributed by atoms with E-state index in [1.54, 1.807) is 0 Å². The van der Waals surface area contributed by atoms with Gasteiger partial charge >= 0.3 is 0 Å². The van der Waals surface area contributed by atoms with Gasteiger partial charge in [0.05, 0.1) is 10.4 Å². The Balaban J connectivity index is 1.91. The molecule has 0 atom stereocenters. The molecular weight excluding hydrogens is 268 g/mol. The third-order valence-corrected chi connectivity index (χ3v) is 4.55. The number of nitrogens with two attached hydrogens (primary N) is 1. The third kappa shape index (κ3) is 3.37. The van der Waals surface area contributed by atoms with Crippen LogP contribution in [-0.2, 0) is 11.2 Å². The summed E-state index contributed by atoms with van der Waals surface area (Å²) in [4.78, 5) is 12.8. The Morgan fingerprint density at radius 1 is 1.20 bits per heavy atom. The monoisotopic (exact) mass is 290 g/mol. The maximum Gasteiger partial charge on any atom is 0.233 e. The smallest absolute Gasteiger partial charge is 0.233 e. The van der Waals surface area contributed by atoms with Gasteiger partial charge in [0, 0.05) is 6.54 Å². The van der Waals surface area contributed by atoms with Gasteiger partial charge in [0.25, 0.3) is 0 Å². The first-order chi connectivity index (χ1) is 9.65. The average Bonchev–Trinajstić information content (AvgIpc) is 2.48. The summed E-state index contributed by atoms with van der Waals surface area (Å²) >= 11 is 5.16. The van der Waals surface area contributed by atoms with E-state index in [2.05, 4.69) is 17.4 Å². The highest BCUT2D eigenvalue weighted by Crippen LogP contribution is 2.36. The second kappa shape index (κ2) is 6.84. The number of amides is 1. The lowest BCUT2D eigenvalue weighted by atomic mass is 9.73. The number of carbonyl (C=O) groups is 1. The predicted octanol–water partition coefficient (Wildman–Crippen LogP) is 2.58. The molecule has 0 aliphatic heterocycles. The first-order valence-electron chi connectivity index (χ1n) is 7.27. The Bertz CT molecular complexity index is 467. The van der Waals surface area contributed by atoms with E-state index in [4.69, 9.17) is 18.0 Å². The highest BCUT2D eigenvalue weighted by atomic mass is 32.1. The fourth-order valence-corrected chi connectivity index (χ4v) is 3.17. The summed E-state index contributed by atoms with van der Waals surface area (Å²) in [7, 11) is 0. The molecular formula is C16H22N2OS. The molecule has 1 aliphatic rings. The maximum atomic E-state index is 12.5. The molecule has 2 rings (SSSR count). The lowest BCUT2D eigenvalue weighted by molar-refractivity contribution is -0.128. The quantitative estimate of drug-likeness (QED) is 0.820. The number of hydrogen-bond donors (Lipinski definition) is 2. The fourth-order valence-electron chi connectivity index (χ4n) is 2.87. The van der Waals surface area contributed by atoms with Crippen LogP contribution in [0.5, 0.6) is 0 Å². The van der Waals surface area contributed by atoms with Crippen molar-refractivity contribution in [2.45, 2.75) is 38.5 Å². The molecule has 20 heavy (non-hydrogen) atoms. The van der Waals surface area contributed by atoms with E-state index in [-0.39, 0.29) is 5.91 Å². The van der Waals surface area contributed by atoms with Crippen LogP contribution in [0.2, 0.25) is 0 Å². The van der Waals surface area contributed by atoms with Crippen LogP contribution >= 0.6 is 12.2 Å². The normalized spacial score (nSPS) is 17.4. The van der Waals surface area contributed by atoms with Gasteiger partial charge in [0.15, 0.2) is 0 Å². The van der Waals surface area contributed by atoms with E-state index in [1.807, 2.05) is 18.2 Å². The molecule has 1 amide bonds. The molecule has 1 aromatic rings. The molecule has 0 unspecified atom stereocenters. The second-order valence-corrected chi connectivity index (χ2v) is 5.94. The van der Waals surface area contributed by atoms with Crippen LogP contribution in [0.25, 0.3) is 0 Å². The number of carbonyl (C=O) groups excluding carboxylic acids is 1. The zero-order valence-electron chi connectivity index (χ0n) is 11.7. The minimum atomic E-state index is -0.607. The van der Waals surface area contributed by atoms with Crippen molar-refractivity contribution in [3.8, 4) is 0 Å². The van der Waals surface area contributed by atoms with Crippen molar-refractivity contribution in [1.82, 2.24) is 5.32 Å². The van der Waals surface area contributed by atoms with Gasteiger partial charge in [0.1, 0.15) is 0 Å². The van der Waals surface area contributed by atoms with Gasteiger partial charge in [-0.15, -0.1) is 0 Å². The zero-order chi connectivity index (χ0) is 14.4. The van der Waals surface area contributed by atoms with Crippen molar-refractivity contribution in [2.24, 2.45) is 11.1 Å². The van der Waals surface area contributed by atoms with Crippen molar-refractivity contribution < 1.29 is 4.79 Å². The Labute approximate surface area is 125 Å². The Hall–Kier alpha value is -1.42. The van der Waals surface area contributed by atoms with Crippen molar-refractivity contribution in [3.05, 3.63) is 35.9 Å². The zero-order valence-corrected chi connectivity index (χ0v) is 12.5. The van der Waals surface area contributed by atoms with Crippen LogP contribution in [0.4, 0.5) is 0 Å². The number of thiocarbonyl (C=S) groups is 1. The molecule has 1 aliphatic carbocycles. The van der Waals surface area contributed by atoms with Crippen molar-refractivity contribution in [2.75, 3.05) is 6.54 Å². The molecule has 108 valence electrons.